The van der Waals surface area contributed by atoms with Crippen LogP contribution >= 0.6 is 0 Å². The van der Waals surface area contributed by atoms with Gasteiger partial charge in [-0.1, -0.05) is 11.3 Å². The van der Waals surface area contributed by atoms with Gasteiger partial charge in [0.15, 0.2) is 5.82 Å². The number of aromatic amines is 1. The Kier molecular flexibility index (Phi) is 4.15. The van der Waals surface area contributed by atoms with E-state index in [0.717, 1.165) is 31.5 Å². The lowest BCUT2D eigenvalue weighted by atomic mass is 10.1. The summed E-state index contributed by atoms with van der Waals surface area (Å²) >= 11 is 0. The number of amides is 1. The summed E-state index contributed by atoms with van der Waals surface area (Å²) in [4.78, 5) is 18.9. The molecule has 1 aliphatic heterocycles. The monoisotopic (exact) mass is 287 g/mol. The van der Waals surface area contributed by atoms with Gasteiger partial charge in [-0.25, -0.2) is 0 Å². The number of aromatic nitrogens is 5. The van der Waals surface area contributed by atoms with E-state index in [-0.39, 0.29) is 18.5 Å². The molecule has 1 fully saturated rings. The third-order valence-electron chi connectivity index (χ3n) is 3.56. The largest absolute Gasteiger partial charge is 0.347 e. The Hall–Kier alpha value is -2.35. The van der Waals surface area contributed by atoms with Crippen LogP contribution in [0.5, 0.6) is 0 Å². The quantitative estimate of drug-likeness (QED) is 0.806. The fourth-order valence-corrected chi connectivity index (χ4v) is 2.59. The van der Waals surface area contributed by atoms with Crippen molar-refractivity contribution in [3.8, 4) is 0 Å². The van der Waals surface area contributed by atoms with Gasteiger partial charge in [-0.05, 0) is 37.6 Å². The third kappa shape index (κ3) is 3.22. The van der Waals surface area contributed by atoms with Gasteiger partial charge in [0.25, 0.3) is 0 Å². The van der Waals surface area contributed by atoms with E-state index in [2.05, 4.69) is 35.8 Å². The molecular weight excluding hydrogens is 270 g/mol. The summed E-state index contributed by atoms with van der Waals surface area (Å²) in [6, 6.07) is 3.47. The molecule has 0 aromatic carbocycles. The zero-order valence-electron chi connectivity index (χ0n) is 11.6. The van der Waals surface area contributed by atoms with Crippen LogP contribution in [-0.2, 0) is 11.3 Å². The molecule has 2 aromatic heterocycles. The van der Waals surface area contributed by atoms with Crippen LogP contribution in [0.4, 0.5) is 0 Å². The molecule has 0 saturated carbocycles. The number of nitrogens with zero attached hydrogens (tertiary/aromatic N) is 5. The lowest BCUT2D eigenvalue weighted by Gasteiger charge is -2.26. The van der Waals surface area contributed by atoms with Gasteiger partial charge >= 0.3 is 0 Å². The zero-order valence-corrected chi connectivity index (χ0v) is 11.6. The number of hydrogen-bond acceptors (Lipinski definition) is 6. The SMILES string of the molecule is O=C(NCc1nn[nH]n1)[C@@H](c1cccnc1)N1CCCC1. The molecule has 0 aliphatic carbocycles. The van der Waals surface area contributed by atoms with E-state index in [0.29, 0.717) is 5.82 Å². The molecule has 1 atom stereocenters. The van der Waals surface area contributed by atoms with Gasteiger partial charge in [0.2, 0.25) is 5.91 Å². The number of carbonyl (C=O) groups excluding carboxylic acids is 1. The minimum absolute atomic E-state index is 0.0605. The number of H-pyrrole nitrogens is 1. The Morgan fingerprint density at radius 1 is 1.43 bits per heavy atom. The highest BCUT2D eigenvalue weighted by Gasteiger charge is 2.29. The average molecular weight is 287 g/mol. The third-order valence-corrected chi connectivity index (χ3v) is 3.56. The van der Waals surface area contributed by atoms with Crippen LogP contribution < -0.4 is 5.32 Å². The van der Waals surface area contributed by atoms with Gasteiger partial charge in [0.05, 0.1) is 6.54 Å². The first-order chi connectivity index (χ1) is 10.3. The molecule has 3 rings (SSSR count). The zero-order chi connectivity index (χ0) is 14.5. The second-order valence-electron chi connectivity index (χ2n) is 4.98. The highest BCUT2D eigenvalue weighted by molar-refractivity contribution is 5.83. The molecule has 110 valence electrons. The van der Waals surface area contributed by atoms with Gasteiger partial charge in [-0.2, -0.15) is 5.21 Å². The van der Waals surface area contributed by atoms with Crippen molar-refractivity contribution in [1.82, 2.24) is 35.8 Å². The van der Waals surface area contributed by atoms with Gasteiger partial charge in [0, 0.05) is 12.4 Å². The fraction of sp³-hybridized carbons (Fsp3) is 0.462. The highest BCUT2D eigenvalue weighted by Crippen LogP contribution is 2.24. The molecule has 1 amide bonds. The minimum Gasteiger partial charge on any atom is -0.347 e. The van der Waals surface area contributed by atoms with Gasteiger partial charge in [-0.3, -0.25) is 14.7 Å². The van der Waals surface area contributed by atoms with Crippen molar-refractivity contribution in [1.29, 1.82) is 0 Å². The van der Waals surface area contributed by atoms with Crippen molar-refractivity contribution < 1.29 is 4.79 Å². The number of nitrogens with one attached hydrogen (secondary N) is 2. The highest BCUT2D eigenvalue weighted by atomic mass is 16.2. The van der Waals surface area contributed by atoms with Crippen molar-refractivity contribution in [2.24, 2.45) is 0 Å². The minimum atomic E-state index is -0.312. The normalized spacial score (nSPS) is 16.8. The molecule has 2 N–H and O–H groups in total. The molecular formula is C13H17N7O. The standard InChI is InChI=1S/C13H17N7O/c21-13(15-9-11-16-18-19-17-11)12(20-6-1-2-7-20)10-4-3-5-14-8-10/h3-5,8,12H,1-2,6-7,9H2,(H,15,21)(H,16,17,18,19)/t12-/m1/s1. The van der Waals surface area contributed by atoms with E-state index in [1.54, 1.807) is 12.4 Å². The van der Waals surface area contributed by atoms with E-state index >= 15 is 0 Å². The molecule has 0 unspecified atom stereocenters. The summed E-state index contributed by atoms with van der Waals surface area (Å²) in [6.45, 7) is 2.12. The van der Waals surface area contributed by atoms with Crippen molar-refractivity contribution in [2.45, 2.75) is 25.4 Å². The molecule has 2 aromatic rings. The van der Waals surface area contributed by atoms with E-state index in [4.69, 9.17) is 0 Å². The van der Waals surface area contributed by atoms with E-state index < -0.39 is 0 Å². The Labute approximate surface area is 122 Å². The predicted molar refractivity (Wildman–Crippen MR) is 73.8 cm³/mol. The second-order valence-corrected chi connectivity index (χ2v) is 4.98. The first kappa shape index (κ1) is 13.6. The summed E-state index contributed by atoms with van der Waals surface area (Å²) in [7, 11) is 0. The van der Waals surface area contributed by atoms with Crippen molar-refractivity contribution in [2.75, 3.05) is 13.1 Å². The molecule has 0 bridgehead atoms. The van der Waals surface area contributed by atoms with Crippen LogP contribution in [0, 0.1) is 0 Å². The van der Waals surface area contributed by atoms with E-state index in [1.807, 2.05) is 12.1 Å². The summed E-state index contributed by atoms with van der Waals surface area (Å²) in [5, 5.41) is 16.4. The number of likely N-dealkylation sites (tertiary alicyclic amines) is 1. The lowest BCUT2D eigenvalue weighted by molar-refractivity contribution is -0.126. The Morgan fingerprint density at radius 3 is 2.95 bits per heavy atom. The van der Waals surface area contributed by atoms with Gasteiger partial charge in [-0.15, -0.1) is 10.2 Å². The van der Waals surface area contributed by atoms with Crippen LogP contribution in [-0.4, -0.2) is 49.5 Å². The van der Waals surface area contributed by atoms with E-state index in [9.17, 15) is 4.79 Å². The molecule has 0 radical (unpaired) electrons. The number of carbonyl (C=O) groups is 1. The molecule has 8 nitrogen and oxygen atoms in total. The van der Waals surface area contributed by atoms with Crippen LogP contribution in [0.3, 0.4) is 0 Å². The molecule has 1 saturated heterocycles. The number of hydrogen-bond donors (Lipinski definition) is 2. The lowest BCUT2D eigenvalue weighted by Crippen LogP contribution is -2.39. The Bertz CT molecular complexity index is 565. The molecule has 0 spiro atoms. The van der Waals surface area contributed by atoms with Gasteiger partial charge < -0.3 is 5.32 Å². The molecule has 8 heteroatoms. The first-order valence-electron chi connectivity index (χ1n) is 6.98. The van der Waals surface area contributed by atoms with E-state index in [1.165, 1.54) is 0 Å². The predicted octanol–water partition coefficient (Wildman–Crippen LogP) is 0.0480. The van der Waals surface area contributed by atoms with Gasteiger partial charge in [0.1, 0.15) is 6.04 Å². The van der Waals surface area contributed by atoms with Crippen molar-refractivity contribution >= 4 is 5.91 Å². The smallest absolute Gasteiger partial charge is 0.242 e. The maximum absolute atomic E-state index is 12.6. The molecule has 3 heterocycles. The van der Waals surface area contributed by atoms with Crippen LogP contribution in [0.1, 0.15) is 30.3 Å². The number of pyridine rings is 1. The van der Waals surface area contributed by atoms with Crippen LogP contribution in [0.2, 0.25) is 0 Å². The van der Waals surface area contributed by atoms with Crippen molar-refractivity contribution in [3.63, 3.8) is 0 Å². The summed E-state index contributed by atoms with van der Waals surface area (Å²) in [6.07, 6.45) is 5.70. The Balaban J connectivity index is 1.73. The number of rotatable bonds is 5. The Morgan fingerprint density at radius 2 is 2.29 bits per heavy atom. The summed E-state index contributed by atoms with van der Waals surface area (Å²) in [5.41, 5.74) is 0.907. The average Bonchev–Trinajstić information content (AvgIpc) is 3.20. The number of tetrazole rings is 1. The second kappa shape index (κ2) is 6.40. The summed E-state index contributed by atoms with van der Waals surface area (Å²) in [5.74, 6) is 0.407. The maximum Gasteiger partial charge on any atom is 0.242 e. The fourth-order valence-electron chi connectivity index (χ4n) is 2.59. The van der Waals surface area contributed by atoms with Crippen LogP contribution in [0.15, 0.2) is 24.5 Å². The van der Waals surface area contributed by atoms with Crippen molar-refractivity contribution in [3.05, 3.63) is 35.9 Å². The topological polar surface area (TPSA) is 99.7 Å². The first-order valence-corrected chi connectivity index (χ1v) is 6.98. The molecule has 21 heavy (non-hydrogen) atoms. The maximum atomic E-state index is 12.6. The van der Waals surface area contributed by atoms with Crippen LogP contribution in [0.25, 0.3) is 0 Å². The summed E-state index contributed by atoms with van der Waals surface area (Å²) < 4.78 is 0. The molecule has 1 aliphatic rings.